The van der Waals surface area contributed by atoms with E-state index in [2.05, 4.69) is 9.80 Å². The first-order chi connectivity index (χ1) is 15.5. The quantitative estimate of drug-likeness (QED) is 0.400. The average Bonchev–Trinajstić information content (AvgIpc) is 3.29. The van der Waals surface area contributed by atoms with E-state index < -0.39 is 12.3 Å². The van der Waals surface area contributed by atoms with Crippen molar-refractivity contribution in [3.05, 3.63) is 72.8 Å². The SMILES string of the molecule is COc1ccccc1N1CCN(c2ccccc2OC)[C]1=[Ru-3]([Cl])([Cl])[c]1ccccc1OC. The van der Waals surface area contributed by atoms with Gasteiger partial charge in [0.25, 0.3) is 0 Å². The summed E-state index contributed by atoms with van der Waals surface area (Å²) in [5.41, 5.74) is 1.84. The summed E-state index contributed by atoms with van der Waals surface area (Å²) in [5.74, 6) is 2.20. The van der Waals surface area contributed by atoms with Crippen molar-refractivity contribution in [3.63, 3.8) is 0 Å². The number of benzene rings is 3. The Morgan fingerprint density at radius 1 is 0.625 bits per heavy atom. The summed E-state index contributed by atoms with van der Waals surface area (Å²) in [5, 5.41) is 0. The fourth-order valence-electron chi connectivity index (χ4n) is 3.78. The summed E-state index contributed by atoms with van der Waals surface area (Å²) in [4.78, 5) is 4.34. The number of halogens is 2. The number of rotatable bonds is 6. The summed E-state index contributed by atoms with van der Waals surface area (Å²) in [7, 11) is 19.7. The van der Waals surface area contributed by atoms with Crippen molar-refractivity contribution in [2.45, 2.75) is 0 Å². The number of hydrogen-bond acceptors (Lipinski definition) is 5. The van der Waals surface area contributed by atoms with Crippen LogP contribution in [0.2, 0.25) is 0 Å². The Morgan fingerprint density at radius 3 is 1.50 bits per heavy atom. The van der Waals surface area contributed by atoms with Crippen LogP contribution in [-0.2, 0) is 12.3 Å². The second kappa shape index (κ2) is 9.70. The zero-order chi connectivity index (χ0) is 22.7. The zero-order valence-electron chi connectivity index (χ0n) is 18.1. The Bertz CT molecular complexity index is 1110. The van der Waals surface area contributed by atoms with Crippen LogP contribution in [0, 0.1) is 0 Å². The molecule has 0 bridgehead atoms. The molecule has 0 unspecified atom stereocenters. The molecular weight excluding hydrogens is 536 g/mol. The van der Waals surface area contributed by atoms with E-state index in [1.807, 2.05) is 72.8 Å². The van der Waals surface area contributed by atoms with Gasteiger partial charge in [0.2, 0.25) is 0 Å². The molecule has 0 radical (unpaired) electrons. The monoisotopic (exact) mass is 561 g/mol. The Labute approximate surface area is 199 Å². The van der Waals surface area contributed by atoms with E-state index in [0.717, 1.165) is 31.4 Å². The molecule has 0 spiro atoms. The molecule has 174 valence electrons. The third-order valence-corrected chi connectivity index (χ3v) is 12.1. The van der Waals surface area contributed by atoms with Crippen LogP contribution in [0.3, 0.4) is 0 Å². The van der Waals surface area contributed by atoms with Crippen LogP contribution >= 0.6 is 19.4 Å². The van der Waals surface area contributed by atoms with Crippen LogP contribution in [-0.4, -0.2) is 38.8 Å². The maximum absolute atomic E-state index is 7.39. The number of nitrogens with zero attached hydrogens (tertiary/aromatic N) is 2. The van der Waals surface area contributed by atoms with E-state index >= 15 is 0 Å². The summed E-state index contributed by atoms with van der Waals surface area (Å²) >= 11 is -3.72. The molecule has 1 fully saturated rings. The van der Waals surface area contributed by atoms with Gasteiger partial charge in [-0.25, -0.2) is 0 Å². The van der Waals surface area contributed by atoms with Gasteiger partial charge in [-0.3, -0.25) is 0 Å². The Morgan fingerprint density at radius 2 is 1.03 bits per heavy atom. The van der Waals surface area contributed by atoms with Crippen LogP contribution in [0.4, 0.5) is 11.4 Å². The van der Waals surface area contributed by atoms with E-state index in [1.165, 1.54) is 0 Å². The van der Waals surface area contributed by atoms with Crippen molar-refractivity contribution in [3.8, 4) is 17.2 Å². The molecule has 4 rings (SSSR count). The van der Waals surface area contributed by atoms with Crippen LogP contribution < -0.4 is 28.2 Å². The van der Waals surface area contributed by atoms with Crippen molar-refractivity contribution in [1.29, 1.82) is 0 Å². The summed E-state index contributed by atoms with van der Waals surface area (Å²) < 4.78 is 18.6. The second-order valence-corrected chi connectivity index (χ2v) is 16.2. The molecule has 1 aliphatic heterocycles. The molecule has 1 aliphatic rings. The normalized spacial score (nSPS) is 14.5. The van der Waals surface area contributed by atoms with Crippen LogP contribution in [0.1, 0.15) is 0 Å². The molecule has 0 N–H and O–H groups in total. The average molecular weight is 561 g/mol. The Hall–Kier alpha value is -2.27. The molecule has 0 amide bonds. The Kier molecular flexibility index (Phi) is 6.94. The number of ether oxygens (including phenoxy) is 3. The number of methoxy groups -OCH3 is 3. The predicted octanol–water partition coefficient (Wildman–Crippen LogP) is 4.91. The van der Waals surface area contributed by atoms with Gasteiger partial charge in [0.15, 0.2) is 0 Å². The Balaban J connectivity index is 2.00. The first-order valence-corrected chi connectivity index (χ1v) is 16.2. The topological polar surface area (TPSA) is 34.2 Å². The third kappa shape index (κ3) is 4.08. The molecule has 0 aliphatic carbocycles. The zero-order valence-corrected chi connectivity index (χ0v) is 21.3. The molecule has 5 nitrogen and oxygen atoms in total. The molecule has 1 saturated heterocycles. The number of anilines is 2. The standard InChI is InChI=1S/C17H18N2O2.C7H7O.2ClH.Ru/c1-20-16-9-5-3-7-14(16)18-11-12-19(13-18)15-8-4-6-10-17(15)21-2;1-8-7-5-3-2-4-6-7;;;/h3-10H,11-12H2,1-2H3;2-5H,1H3;2*1H;/q;;;;-1/p-2. The first kappa shape index (κ1) is 22.9. The molecule has 0 saturated carbocycles. The van der Waals surface area contributed by atoms with E-state index in [4.69, 9.17) is 33.6 Å². The molecule has 8 heteroatoms. The van der Waals surface area contributed by atoms with Crippen LogP contribution in [0.5, 0.6) is 17.2 Å². The van der Waals surface area contributed by atoms with Gasteiger partial charge in [0.05, 0.1) is 0 Å². The summed E-state index contributed by atoms with van der Waals surface area (Å²) in [6.07, 6.45) is 0. The summed E-state index contributed by atoms with van der Waals surface area (Å²) in [6, 6.07) is 23.5. The van der Waals surface area contributed by atoms with Gasteiger partial charge in [-0.05, 0) is 0 Å². The van der Waals surface area contributed by atoms with Gasteiger partial charge in [-0.1, -0.05) is 0 Å². The molecule has 32 heavy (non-hydrogen) atoms. The molecule has 1 heterocycles. The first-order valence-electron chi connectivity index (χ1n) is 9.97. The fourth-order valence-corrected chi connectivity index (χ4v) is 10.6. The van der Waals surface area contributed by atoms with E-state index in [1.54, 1.807) is 21.3 Å². The van der Waals surface area contributed by atoms with Gasteiger partial charge in [-0.2, -0.15) is 0 Å². The number of hydrogen-bond donors (Lipinski definition) is 0. The van der Waals surface area contributed by atoms with Crippen LogP contribution in [0.15, 0.2) is 72.8 Å². The number of para-hydroxylation sites is 5. The van der Waals surface area contributed by atoms with Gasteiger partial charge in [-0.15, -0.1) is 0 Å². The van der Waals surface area contributed by atoms with Gasteiger partial charge in [0.1, 0.15) is 0 Å². The molecule has 0 aromatic heterocycles. The second-order valence-electron chi connectivity index (χ2n) is 6.93. The van der Waals surface area contributed by atoms with E-state index in [9.17, 15) is 0 Å². The molecule has 3 aromatic carbocycles. The van der Waals surface area contributed by atoms with E-state index in [0.29, 0.717) is 18.8 Å². The molecule has 0 atom stereocenters. The van der Waals surface area contributed by atoms with Gasteiger partial charge < -0.3 is 0 Å². The van der Waals surface area contributed by atoms with Gasteiger partial charge in [0, 0.05) is 0 Å². The van der Waals surface area contributed by atoms with Crippen molar-refractivity contribution in [2.75, 3.05) is 44.2 Å². The maximum atomic E-state index is 7.39. The van der Waals surface area contributed by atoms with Crippen molar-refractivity contribution >= 4 is 39.3 Å². The van der Waals surface area contributed by atoms with Crippen molar-refractivity contribution in [2.24, 2.45) is 0 Å². The predicted molar refractivity (Wildman–Crippen MR) is 130 cm³/mol. The van der Waals surface area contributed by atoms with Crippen molar-refractivity contribution < 1.29 is 26.6 Å². The minimum absolute atomic E-state index is 0.684. The van der Waals surface area contributed by atoms with Gasteiger partial charge >= 0.3 is 200 Å². The van der Waals surface area contributed by atoms with Crippen LogP contribution in [0.25, 0.3) is 0 Å². The fraction of sp³-hybridized carbons (Fsp3) is 0.208. The summed E-state index contributed by atoms with van der Waals surface area (Å²) in [6.45, 7) is 1.40. The molecular formula is C24H25Cl2N2O3Ru-3. The third-order valence-electron chi connectivity index (χ3n) is 5.22. The minimum atomic E-state index is -3.72. The van der Waals surface area contributed by atoms with E-state index in [-0.39, 0.29) is 0 Å². The molecule has 3 aromatic rings. The van der Waals surface area contributed by atoms with Crippen molar-refractivity contribution in [1.82, 2.24) is 0 Å².